The number of aryl methyl sites for hydroxylation is 1. The van der Waals surface area contributed by atoms with Gasteiger partial charge in [-0.15, -0.1) is 11.3 Å². The van der Waals surface area contributed by atoms with Crippen molar-refractivity contribution in [3.05, 3.63) is 75.7 Å². The van der Waals surface area contributed by atoms with Crippen LogP contribution in [0.2, 0.25) is 0 Å². The van der Waals surface area contributed by atoms with E-state index >= 15 is 0 Å². The van der Waals surface area contributed by atoms with Crippen LogP contribution in [0.1, 0.15) is 40.5 Å². The molecule has 1 aliphatic rings. The molecule has 8 nitrogen and oxygen atoms in total. The minimum Gasteiger partial charge on any atom is -0.481 e. The van der Waals surface area contributed by atoms with Crippen molar-refractivity contribution in [1.82, 2.24) is 15.6 Å². The number of amides is 2. The van der Waals surface area contributed by atoms with Gasteiger partial charge in [0, 0.05) is 30.2 Å². The summed E-state index contributed by atoms with van der Waals surface area (Å²) >= 11 is 1.51. The van der Waals surface area contributed by atoms with Crippen LogP contribution in [0.25, 0.3) is 11.1 Å². The maximum atomic E-state index is 12.7. The molecule has 35 heavy (non-hydrogen) atoms. The number of nitrogens with one attached hydrogen (secondary N) is 2. The lowest BCUT2D eigenvalue weighted by Crippen LogP contribution is -2.47. The van der Waals surface area contributed by atoms with Crippen molar-refractivity contribution in [2.75, 3.05) is 13.2 Å². The van der Waals surface area contributed by atoms with Crippen molar-refractivity contribution in [1.29, 1.82) is 0 Å². The number of thiazole rings is 1. The number of aliphatic carboxylic acids is 1. The summed E-state index contributed by atoms with van der Waals surface area (Å²) in [6.07, 6.45) is -0.435. The fraction of sp³-hybridized carbons (Fsp3) is 0.308. The van der Waals surface area contributed by atoms with Crippen LogP contribution in [0.3, 0.4) is 0 Å². The number of rotatable bonds is 10. The van der Waals surface area contributed by atoms with Gasteiger partial charge in [0.05, 0.1) is 11.2 Å². The molecule has 3 N–H and O–H groups in total. The zero-order valence-corrected chi connectivity index (χ0v) is 20.1. The number of fused-ring (bicyclic) bond motifs is 3. The Balaban J connectivity index is 1.36. The summed E-state index contributed by atoms with van der Waals surface area (Å²) in [6, 6.07) is 15.0. The number of alkyl carbamates (subject to hydrolysis) is 1. The zero-order valence-electron chi connectivity index (χ0n) is 19.3. The molecule has 0 bridgehead atoms. The molecular formula is C26H27N3O5S. The highest BCUT2D eigenvalue weighted by molar-refractivity contribution is 7.09. The molecule has 0 saturated carbocycles. The van der Waals surface area contributed by atoms with E-state index in [9.17, 15) is 14.4 Å². The van der Waals surface area contributed by atoms with E-state index in [0.717, 1.165) is 32.8 Å². The monoisotopic (exact) mass is 493 g/mol. The number of carbonyl (C=O) groups excluding carboxylic acids is 2. The number of benzene rings is 2. The normalized spacial score (nSPS) is 12.9. The Morgan fingerprint density at radius 1 is 1.09 bits per heavy atom. The SMILES string of the molecule is Cc1ncsc1CCNC(=O)C(CCC(=O)O)NC(=O)OCC1c2ccccc2-c2ccccc21. The lowest BCUT2D eigenvalue weighted by atomic mass is 9.98. The smallest absolute Gasteiger partial charge is 0.407 e. The summed E-state index contributed by atoms with van der Waals surface area (Å²) in [5.41, 5.74) is 7.07. The molecule has 9 heteroatoms. The van der Waals surface area contributed by atoms with Crippen molar-refractivity contribution < 1.29 is 24.2 Å². The van der Waals surface area contributed by atoms with Crippen molar-refractivity contribution in [3.63, 3.8) is 0 Å². The second-order valence-electron chi connectivity index (χ2n) is 8.36. The van der Waals surface area contributed by atoms with Gasteiger partial charge in [-0.1, -0.05) is 48.5 Å². The first-order chi connectivity index (χ1) is 16.9. The number of carbonyl (C=O) groups is 3. The number of nitrogens with zero attached hydrogens (tertiary/aromatic N) is 1. The minimum absolute atomic E-state index is 0.0368. The van der Waals surface area contributed by atoms with Gasteiger partial charge in [0.1, 0.15) is 12.6 Å². The van der Waals surface area contributed by atoms with Crippen molar-refractivity contribution >= 4 is 29.3 Å². The summed E-state index contributed by atoms with van der Waals surface area (Å²) in [7, 11) is 0. The van der Waals surface area contributed by atoms with E-state index in [1.165, 1.54) is 11.3 Å². The molecule has 0 saturated heterocycles. The first-order valence-electron chi connectivity index (χ1n) is 11.4. The number of hydrogen-bond acceptors (Lipinski definition) is 6. The van der Waals surface area contributed by atoms with E-state index in [1.54, 1.807) is 5.51 Å². The van der Waals surface area contributed by atoms with Crippen LogP contribution in [-0.2, 0) is 20.7 Å². The minimum atomic E-state index is -1.04. The molecule has 0 fully saturated rings. The van der Waals surface area contributed by atoms with Gasteiger partial charge in [0.15, 0.2) is 0 Å². The number of hydrogen-bond donors (Lipinski definition) is 3. The predicted octanol–water partition coefficient (Wildman–Crippen LogP) is 3.88. The number of ether oxygens (including phenoxy) is 1. The fourth-order valence-corrected chi connectivity index (χ4v) is 5.09. The third kappa shape index (κ3) is 5.86. The van der Waals surface area contributed by atoms with Crippen molar-refractivity contribution in [2.24, 2.45) is 0 Å². The van der Waals surface area contributed by atoms with Crippen LogP contribution in [0.4, 0.5) is 4.79 Å². The second-order valence-corrected chi connectivity index (χ2v) is 9.30. The lowest BCUT2D eigenvalue weighted by molar-refractivity contribution is -0.137. The van der Waals surface area contributed by atoms with Crippen LogP contribution < -0.4 is 10.6 Å². The Morgan fingerprint density at radius 3 is 2.34 bits per heavy atom. The van der Waals surface area contributed by atoms with E-state index in [4.69, 9.17) is 9.84 Å². The molecular weight excluding hydrogens is 466 g/mol. The molecule has 0 radical (unpaired) electrons. The van der Waals surface area contributed by atoms with Crippen LogP contribution in [0, 0.1) is 6.92 Å². The average molecular weight is 494 g/mol. The molecule has 4 rings (SSSR count). The molecule has 1 aliphatic carbocycles. The van der Waals surface area contributed by atoms with Crippen molar-refractivity contribution in [2.45, 2.75) is 38.1 Å². The average Bonchev–Trinajstić information content (AvgIpc) is 3.41. The molecule has 0 spiro atoms. The standard InChI is InChI=1S/C26H27N3O5S/c1-16-23(35-15-28-16)12-13-27-25(32)22(10-11-24(30)31)29-26(33)34-14-21-19-8-4-2-6-17(19)18-7-3-5-9-20(18)21/h2-9,15,21-22H,10-14H2,1H3,(H,27,32)(H,29,33)(H,30,31). The molecule has 3 aromatic rings. The van der Waals surface area contributed by atoms with E-state index in [2.05, 4.69) is 15.6 Å². The van der Waals surface area contributed by atoms with E-state index in [0.29, 0.717) is 13.0 Å². The Hall–Kier alpha value is -3.72. The third-order valence-corrected chi connectivity index (χ3v) is 7.09. The highest BCUT2D eigenvalue weighted by Crippen LogP contribution is 2.44. The molecule has 0 aliphatic heterocycles. The first-order valence-corrected chi connectivity index (χ1v) is 12.3. The van der Waals surface area contributed by atoms with Gasteiger partial charge in [-0.3, -0.25) is 9.59 Å². The van der Waals surface area contributed by atoms with Gasteiger partial charge in [0.2, 0.25) is 5.91 Å². The molecule has 2 amide bonds. The predicted molar refractivity (Wildman–Crippen MR) is 132 cm³/mol. The summed E-state index contributed by atoms with van der Waals surface area (Å²) in [5, 5.41) is 14.4. The maximum Gasteiger partial charge on any atom is 0.407 e. The van der Waals surface area contributed by atoms with Crippen LogP contribution in [-0.4, -0.2) is 47.3 Å². The summed E-state index contributed by atoms with van der Waals surface area (Å²) in [5.74, 6) is -1.60. The first kappa shape index (κ1) is 24.4. The van der Waals surface area contributed by atoms with E-state index < -0.39 is 24.0 Å². The zero-order chi connectivity index (χ0) is 24.8. The highest BCUT2D eigenvalue weighted by atomic mass is 32.1. The lowest BCUT2D eigenvalue weighted by Gasteiger charge is -2.19. The van der Waals surface area contributed by atoms with E-state index in [1.807, 2.05) is 55.5 Å². The molecule has 1 aromatic heterocycles. The summed E-state index contributed by atoms with van der Waals surface area (Å²) < 4.78 is 5.52. The number of carboxylic acids is 1. The van der Waals surface area contributed by atoms with Gasteiger partial charge in [-0.2, -0.15) is 0 Å². The third-order valence-electron chi connectivity index (χ3n) is 6.10. The van der Waals surface area contributed by atoms with Gasteiger partial charge in [0.25, 0.3) is 0 Å². The molecule has 1 atom stereocenters. The van der Waals surface area contributed by atoms with Crippen LogP contribution in [0.5, 0.6) is 0 Å². The molecule has 1 heterocycles. The summed E-state index contributed by atoms with van der Waals surface area (Å²) in [6.45, 7) is 2.37. The highest BCUT2D eigenvalue weighted by Gasteiger charge is 2.30. The van der Waals surface area contributed by atoms with Crippen LogP contribution in [0.15, 0.2) is 54.0 Å². The van der Waals surface area contributed by atoms with Crippen molar-refractivity contribution in [3.8, 4) is 11.1 Å². The number of aromatic nitrogens is 1. The quantitative estimate of drug-likeness (QED) is 0.395. The number of carboxylic acid groups (broad SMARTS) is 1. The van der Waals surface area contributed by atoms with Gasteiger partial charge < -0.3 is 20.5 Å². The Kier molecular flexibility index (Phi) is 7.77. The molecule has 182 valence electrons. The van der Waals surface area contributed by atoms with Crippen LogP contribution >= 0.6 is 11.3 Å². The molecule has 1 unspecified atom stereocenters. The Bertz CT molecular complexity index is 1180. The van der Waals surface area contributed by atoms with E-state index in [-0.39, 0.29) is 25.4 Å². The summed E-state index contributed by atoms with van der Waals surface area (Å²) in [4.78, 5) is 41.7. The van der Waals surface area contributed by atoms with Gasteiger partial charge >= 0.3 is 12.1 Å². The fourth-order valence-electron chi connectivity index (χ4n) is 4.31. The van der Waals surface area contributed by atoms with Gasteiger partial charge in [-0.25, -0.2) is 9.78 Å². The second kappa shape index (κ2) is 11.1. The van der Waals surface area contributed by atoms with Gasteiger partial charge in [-0.05, 0) is 35.6 Å². The largest absolute Gasteiger partial charge is 0.481 e. The Morgan fingerprint density at radius 2 is 1.74 bits per heavy atom. The Labute approximate surface area is 207 Å². The molecule has 2 aromatic carbocycles. The maximum absolute atomic E-state index is 12.7. The topological polar surface area (TPSA) is 118 Å².